The number of hydrogen-bond donors (Lipinski definition) is 1. The number of Topliss-reactive ketones (excluding diaryl/α,β-unsaturated/α-hetero) is 1. The first-order valence-corrected chi connectivity index (χ1v) is 13.3. The van der Waals surface area contributed by atoms with Crippen LogP contribution in [0.25, 0.3) is 0 Å². The zero-order valence-electron chi connectivity index (χ0n) is 21.6. The van der Waals surface area contributed by atoms with Crippen molar-refractivity contribution in [2.45, 2.75) is 44.6 Å². The van der Waals surface area contributed by atoms with Crippen molar-refractivity contribution in [2.75, 3.05) is 26.2 Å². The highest BCUT2D eigenvalue weighted by atomic mass is 16.5. The Morgan fingerprint density at radius 3 is 2.00 bits per heavy atom. The van der Waals surface area contributed by atoms with Gasteiger partial charge in [-0.3, -0.25) is 9.59 Å². The lowest BCUT2D eigenvalue weighted by molar-refractivity contribution is -0.142. The zero-order chi connectivity index (χ0) is 26.1. The molecule has 0 aromatic heterocycles. The molecule has 0 spiro atoms. The molecule has 1 aliphatic heterocycles. The Balaban J connectivity index is 1.28. The molecule has 4 rings (SSSR count). The molecule has 5 heteroatoms. The van der Waals surface area contributed by atoms with E-state index in [0.29, 0.717) is 18.6 Å². The lowest BCUT2D eigenvalue weighted by atomic mass is 9.72. The number of rotatable bonds is 11. The maximum atomic E-state index is 12.7. The van der Waals surface area contributed by atoms with Gasteiger partial charge in [0.1, 0.15) is 5.60 Å². The molecule has 3 aromatic carbocycles. The molecule has 194 valence electrons. The summed E-state index contributed by atoms with van der Waals surface area (Å²) in [6.45, 7) is 4.84. The van der Waals surface area contributed by atoms with Gasteiger partial charge in [-0.1, -0.05) is 84.9 Å². The van der Waals surface area contributed by atoms with E-state index < -0.39 is 5.60 Å². The van der Waals surface area contributed by atoms with Gasteiger partial charge in [-0.15, -0.1) is 0 Å². The summed E-state index contributed by atoms with van der Waals surface area (Å²) in [6, 6.07) is 27.3. The van der Waals surface area contributed by atoms with Crippen molar-refractivity contribution in [1.29, 1.82) is 0 Å². The first-order chi connectivity index (χ1) is 18.0. The second-order valence-corrected chi connectivity index (χ2v) is 9.82. The largest absolute Gasteiger partial charge is 0.466 e. The van der Waals surface area contributed by atoms with E-state index in [2.05, 4.69) is 4.90 Å². The van der Waals surface area contributed by atoms with Gasteiger partial charge in [-0.2, -0.15) is 0 Å². The lowest BCUT2D eigenvalue weighted by Crippen LogP contribution is -2.44. The average molecular weight is 500 g/mol. The van der Waals surface area contributed by atoms with Crippen molar-refractivity contribution in [1.82, 2.24) is 4.90 Å². The Morgan fingerprint density at radius 2 is 1.46 bits per heavy atom. The van der Waals surface area contributed by atoms with Crippen LogP contribution in [-0.4, -0.2) is 48.0 Å². The van der Waals surface area contributed by atoms with Gasteiger partial charge in [0, 0.05) is 12.0 Å². The highest BCUT2D eigenvalue weighted by Crippen LogP contribution is 2.41. The summed E-state index contributed by atoms with van der Waals surface area (Å²) in [6.07, 6.45) is 3.32. The highest BCUT2D eigenvalue weighted by Gasteiger charge is 2.41. The summed E-state index contributed by atoms with van der Waals surface area (Å²) >= 11 is 0. The number of ether oxygens (including phenoxy) is 1. The molecule has 1 fully saturated rings. The molecule has 0 saturated carbocycles. The van der Waals surface area contributed by atoms with E-state index in [1.807, 2.05) is 72.8 Å². The van der Waals surface area contributed by atoms with Gasteiger partial charge in [0.15, 0.2) is 5.78 Å². The smallest absolute Gasteiger partial charge is 0.310 e. The van der Waals surface area contributed by atoms with Crippen molar-refractivity contribution < 1.29 is 19.4 Å². The molecular weight excluding hydrogens is 462 g/mol. The molecule has 1 N–H and O–H groups in total. The second-order valence-electron chi connectivity index (χ2n) is 9.82. The van der Waals surface area contributed by atoms with Crippen molar-refractivity contribution in [3.63, 3.8) is 0 Å². The molecule has 0 bridgehead atoms. The molecule has 1 heterocycles. The Hall–Kier alpha value is -3.28. The number of benzene rings is 3. The normalized spacial score (nSPS) is 14.9. The van der Waals surface area contributed by atoms with Gasteiger partial charge in [0.05, 0.1) is 13.0 Å². The SMILES string of the molecule is CCOC(=O)Cc1ccc(C(=O)CCCN2CCC(C(O)(c3ccccc3)c3ccccc3)CC2)cc1. The molecule has 0 unspecified atom stereocenters. The van der Waals surface area contributed by atoms with Gasteiger partial charge in [-0.25, -0.2) is 0 Å². The number of carbonyl (C=O) groups is 2. The van der Waals surface area contributed by atoms with Gasteiger partial charge in [-0.05, 0) is 68.4 Å². The minimum absolute atomic E-state index is 0.125. The van der Waals surface area contributed by atoms with Crippen LogP contribution >= 0.6 is 0 Å². The van der Waals surface area contributed by atoms with Gasteiger partial charge < -0.3 is 14.7 Å². The predicted octanol–water partition coefficient (Wildman–Crippen LogP) is 5.40. The van der Waals surface area contributed by atoms with Crippen LogP contribution in [0.1, 0.15) is 59.7 Å². The van der Waals surface area contributed by atoms with Crippen LogP contribution in [0.4, 0.5) is 0 Å². The van der Waals surface area contributed by atoms with Crippen molar-refractivity contribution in [2.24, 2.45) is 5.92 Å². The summed E-state index contributed by atoms with van der Waals surface area (Å²) in [7, 11) is 0. The summed E-state index contributed by atoms with van der Waals surface area (Å²) in [5.74, 6) is -0.000251. The van der Waals surface area contributed by atoms with Crippen LogP contribution in [0, 0.1) is 5.92 Å². The third-order valence-electron chi connectivity index (χ3n) is 7.41. The topological polar surface area (TPSA) is 66.8 Å². The third kappa shape index (κ3) is 6.73. The lowest BCUT2D eigenvalue weighted by Gasteiger charge is -2.42. The monoisotopic (exact) mass is 499 g/mol. The van der Waals surface area contributed by atoms with E-state index in [9.17, 15) is 14.7 Å². The van der Waals surface area contributed by atoms with E-state index in [0.717, 1.165) is 55.6 Å². The third-order valence-corrected chi connectivity index (χ3v) is 7.41. The number of nitrogens with zero attached hydrogens (tertiary/aromatic N) is 1. The van der Waals surface area contributed by atoms with Crippen LogP contribution in [0.3, 0.4) is 0 Å². The molecule has 0 radical (unpaired) electrons. The van der Waals surface area contributed by atoms with Crippen molar-refractivity contribution in [3.8, 4) is 0 Å². The van der Waals surface area contributed by atoms with Crippen LogP contribution in [0.2, 0.25) is 0 Å². The maximum absolute atomic E-state index is 12.7. The molecule has 0 amide bonds. The zero-order valence-corrected chi connectivity index (χ0v) is 21.6. The number of likely N-dealkylation sites (tertiary alicyclic amines) is 1. The van der Waals surface area contributed by atoms with E-state index in [4.69, 9.17) is 4.74 Å². The average Bonchev–Trinajstić information content (AvgIpc) is 2.94. The molecule has 0 atom stereocenters. The molecule has 1 aliphatic rings. The fourth-order valence-electron chi connectivity index (χ4n) is 5.39. The molecule has 1 saturated heterocycles. The fourth-order valence-corrected chi connectivity index (χ4v) is 5.39. The maximum Gasteiger partial charge on any atom is 0.310 e. The number of aliphatic hydroxyl groups is 1. The van der Waals surface area contributed by atoms with Crippen LogP contribution in [0.15, 0.2) is 84.9 Å². The number of ketones is 1. The summed E-state index contributed by atoms with van der Waals surface area (Å²) < 4.78 is 4.98. The van der Waals surface area contributed by atoms with Gasteiger partial charge in [0.25, 0.3) is 0 Å². The van der Waals surface area contributed by atoms with Crippen molar-refractivity contribution in [3.05, 3.63) is 107 Å². The predicted molar refractivity (Wildman–Crippen MR) is 145 cm³/mol. The summed E-state index contributed by atoms with van der Waals surface area (Å²) in [5, 5.41) is 12.0. The Bertz CT molecular complexity index is 1100. The van der Waals surface area contributed by atoms with Gasteiger partial charge in [0.2, 0.25) is 0 Å². The summed E-state index contributed by atoms with van der Waals surface area (Å²) in [5.41, 5.74) is 2.41. The standard InChI is InChI=1S/C32H37NO4/c1-2-37-31(35)24-25-15-17-26(18-16-25)30(34)14-9-21-33-22-19-29(20-23-33)32(36,27-10-5-3-6-11-27)28-12-7-4-8-13-28/h3-8,10-13,15-18,29,36H,2,9,14,19-24H2,1H3. The fraction of sp³-hybridized carbons (Fsp3) is 0.375. The molecule has 3 aromatic rings. The first-order valence-electron chi connectivity index (χ1n) is 13.3. The first kappa shape index (κ1) is 26.8. The minimum atomic E-state index is -1.01. The second kappa shape index (κ2) is 12.8. The number of piperidine rings is 1. The highest BCUT2D eigenvalue weighted by molar-refractivity contribution is 5.96. The van der Waals surface area contributed by atoms with E-state index in [-0.39, 0.29) is 24.1 Å². The van der Waals surface area contributed by atoms with Crippen molar-refractivity contribution >= 4 is 11.8 Å². The number of hydrogen-bond acceptors (Lipinski definition) is 5. The van der Waals surface area contributed by atoms with E-state index >= 15 is 0 Å². The minimum Gasteiger partial charge on any atom is -0.466 e. The van der Waals surface area contributed by atoms with E-state index in [1.54, 1.807) is 19.1 Å². The Kier molecular flexibility index (Phi) is 9.26. The Labute approximate surface area is 220 Å². The molecule has 5 nitrogen and oxygen atoms in total. The van der Waals surface area contributed by atoms with Crippen LogP contribution < -0.4 is 0 Å². The van der Waals surface area contributed by atoms with Crippen LogP contribution in [0.5, 0.6) is 0 Å². The Morgan fingerprint density at radius 1 is 0.892 bits per heavy atom. The van der Waals surface area contributed by atoms with Crippen LogP contribution in [-0.2, 0) is 21.6 Å². The molecule has 0 aliphatic carbocycles. The number of carbonyl (C=O) groups excluding carboxylic acids is 2. The number of esters is 1. The molecular formula is C32H37NO4. The summed E-state index contributed by atoms with van der Waals surface area (Å²) in [4.78, 5) is 26.7. The van der Waals surface area contributed by atoms with E-state index in [1.165, 1.54) is 0 Å². The molecule has 37 heavy (non-hydrogen) atoms. The van der Waals surface area contributed by atoms with Gasteiger partial charge >= 0.3 is 5.97 Å². The quantitative estimate of drug-likeness (QED) is 0.283.